The Hall–Kier alpha value is -2.75. The van der Waals surface area contributed by atoms with Crippen molar-refractivity contribution in [3.8, 4) is 0 Å². The minimum atomic E-state index is -0.356. The normalized spacial score (nSPS) is 13.7. The Morgan fingerprint density at radius 1 is 1.31 bits per heavy atom. The number of nitrogens with one attached hydrogen (secondary N) is 2. The van der Waals surface area contributed by atoms with Crippen molar-refractivity contribution in [2.75, 3.05) is 23.7 Å². The molecule has 0 saturated heterocycles. The molecule has 3 heterocycles. The molecule has 150 valence electrons. The molecule has 0 spiro atoms. The van der Waals surface area contributed by atoms with E-state index in [4.69, 9.17) is 16.1 Å². The predicted molar refractivity (Wildman–Crippen MR) is 110 cm³/mol. The maximum Gasteiger partial charge on any atom is 0.279 e. The Balaban J connectivity index is 1.35. The van der Waals surface area contributed by atoms with Crippen LogP contribution in [0.1, 0.15) is 26.8 Å². The van der Waals surface area contributed by atoms with E-state index >= 15 is 0 Å². The van der Waals surface area contributed by atoms with E-state index in [1.165, 1.54) is 11.3 Å². The lowest BCUT2D eigenvalue weighted by molar-refractivity contribution is -0.117. The van der Waals surface area contributed by atoms with Crippen LogP contribution >= 0.6 is 22.9 Å². The number of benzene rings is 1. The molecule has 0 aliphatic carbocycles. The number of amides is 2. The molecule has 0 fully saturated rings. The molecule has 0 bridgehead atoms. The van der Waals surface area contributed by atoms with Crippen molar-refractivity contribution >= 4 is 45.6 Å². The highest BCUT2D eigenvalue weighted by molar-refractivity contribution is 7.15. The molecule has 2 amide bonds. The van der Waals surface area contributed by atoms with Gasteiger partial charge in [0.15, 0.2) is 10.8 Å². The third kappa shape index (κ3) is 4.81. The first-order valence-corrected chi connectivity index (χ1v) is 10.2. The predicted octanol–water partition coefficient (Wildman–Crippen LogP) is 3.34. The molecular formula is C19H18ClN5O3S. The lowest BCUT2D eigenvalue weighted by Gasteiger charge is -2.25. The number of rotatable bonds is 5. The molecule has 0 unspecified atom stereocenters. The lowest BCUT2D eigenvalue weighted by Crippen LogP contribution is -2.36. The third-order valence-corrected chi connectivity index (χ3v) is 5.60. The fraction of sp³-hybridized carbons (Fsp3) is 0.263. The van der Waals surface area contributed by atoms with Crippen molar-refractivity contribution < 1.29 is 14.1 Å². The van der Waals surface area contributed by atoms with E-state index in [1.54, 1.807) is 37.3 Å². The smallest absolute Gasteiger partial charge is 0.279 e. The van der Waals surface area contributed by atoms with Gasteiger partial charge >= 0.3 is 0 Å². The topological polar surface area (TPSA) is 100 Å². The molecule has 2 aromatic heterocycles. The second kappa shape index (κ2) is 8.32. The van der Waals surface area contributed by atoms with Gasteiger partial charge < -0.3 is 9.84 Å². The third-order valence-electron chi connectivity index (χ3n) is 4.37. The van der Waals surface area contributed by atoms with Gasteiger partial charge in [-0.1, -0.05) is 22.8 Å². The minimum Gasteiger partial charge on any atom is -0.361 e. The van der Waals surface area contributed by atoms with Crippen LogP contribution in [0.3, 0.4) is 0 Å². The number of halogens is 1. The lowest BCUT2D eigenvalue weighted by atomic mass is 10.2. The number of aromatic nitrogens is 2. The van der Waals surface area contributed by atoms with E-state index in [2.05, 4.69) is 20.8 Å². The van der Waals surface area contributed by atoms with Gasteiger partial charge in [0.05, 0.1) is 12.2 Å². The summed E-state index contributed by atoms with van der Waals surface area (Å²) in [6.07, 6.45) is 0.717. The summed E-state index contributed by atoms with van der Waals surface area (Å²) in [6.45, 7) is 3.32. The summed E-state index contributed by atoms with van der Waals surface area (Å²) in [4.78, 5) is 32.1. The van der Waals surface area contributed by atoms with Crippen molar-refractivity contribution in [3.05, 3.63) is 57.4 Å². The van der Waals surface area contributed by atoms with E-state index in [0.29, 0.717) is 28.1 Å². The van der Waals surface area contributed by atoms with Gasteiger partial charge in [-0.25, -0.2) is 4.98 Å². The largest absolute Gasteiger partial charge is 0.361 e. The van der Waals surface area contributed by atoms with Crippen LogP contribution in [0.4, 0.5) is 10.8 Å². The molecule has 3 aromatic rings. The van der Waals surface area contributed by atoms with Crippen LogP contribution in [0.2, 0.25) is 5.02 Å². The van der Waals surface area contributed by atoms with Gasteiger partial charge in [0.25, 0.3) is 5.91 Å². The first-order valence-electron chi connectivity index (χ1n) is 8.97. The first kappa shape index (κ1) is 19.6. The number of carbonyl (C=O) groups is 2. The number of nitrogens with zero attached hydrogens (tertiary/aromatic N) is 3. The molecule has 0 atom stereocenters. The monoisotopic (exact) mass is 431 g/mol. The fourth-order valence-corrected chi connectivity index (χ4v) is 4.28. The van der Waals surface area contributed by atoms with Crippen molar-refractivity contribution in [1.29, 1.82) is 0 Å². The molecular weight excluding hydrogens is 414 g/mol. The molecule has 4 rings (SSSR count). The number of thiazole rings is 1. The van der Waals surface area contributed by atoms with E-state index in [-0.39, 0.29) is 24.1 Å². The highest BCUT2D eigenvalue weighted by Gasteiger charge is 2.23. The molecule has 29 heavy (non-hydrogen) atoms. The van der Waals surface area contributed by atoms with E-state index in [0.717, 1.165) is 23.5 Å². The van der Waals surface area contributed by atoms with Gasteiger partial charge in [0.2, 0.25) is 5.91 Å². The van der Waals surface area contributed by atoms with Gasteiger partial charge in [-0.2, -0.15) is 0 Å². The summed E-state index contributed by atoms with van der Waals surface area (Å²) < 4.78 is 4.93. The van der Waals surface area contributed by atoms with Crippen LogP contribution in [0, 0.1) is 6.92 Å². The Morgan fingerprint density at radius 2 is 2.17 bits per heavy atom. The van der Waals surface area contributed by atoms with Gasteiger partial charge in [0.1, 0.15) is 5.76 Å². The zero-order valence-electron chi connectivity index (χ0n) is 15.6. The van der Waals surface area contributed by atoms with Gasteiger partial charge in [-0.15, -0.1) is 11.3 Å². The summed E-state index contributed by atoms with van der Waals surface area (Å²) in [7, 11) is 0. The molecule has 0 radical (unpaired) electrons. The molecule has 1 aliphatic rings. The van der Waals surface area contributed by atoms with Crippen LogP contribution in [0.25, 0.3) is 0 Å². The van der Waals surface area contributed by atoms with Gasteiger partial charge in [0, 0.05) is 41.2 Å². The number of hydrogen-bond donors (Lipinski definition) is 2. The Morgan fingerprint density at radius 3 is 2.93 bits per heavy atom. The number of anilines is 2. The van der Waals surface area contributed by atoms with Crippen molar-refractivity contribution in [3.63, 3.8) is 0 Å². The Bertz CT molecular complexity index is 1060. The number of carbonyl (C=O) groups excluding carboxylic acids is 2. The van der Waals surface area contributed by atoms with Crippen molar-refractivity contribution in [2.24, 2.45) is 0 Å². The van der Waals surface area contributed by atoms with E-state index in [9.17, 15) is 9.59 Å². The summed E-state index contributed by atoms with van der Waals surface area (Å²) >= 11 is 7.36. The van der Waals surface area contributed by atoms with E-state index < -0.39 is 0 Å². The average molecular weight is 432 g/mol. The summed E-state index contributed by atoms with van der Waals surface area (Å²) in [5, 5.41) is 10.4. The minimum absolute atomic E-state index is 0.102. The fourth-order valence-electron chi connectivity index (χ4n) is 3.04. The average Bonchev–Trinajstić information content (AvgIpc) is 3.27. The molecule has 2 N–H and O–H groups in total. The zero-order chi connectivity index (χ0) is 20.4. The maximum atomic E-state index is 12.3. The second-order valence-corrected chi connectivity index (χ2v) is 8.21. The summed E-state index contributed by atoms with van der Waals surface area (Å²) in [6, 6.07) is 8.63. The molecule has 1 aromatic carbocycles. The van der Waals surface area contributed by atoms with Crippen LogP contribution in [-0.4, -0.2) is 39.9 Å². The number of fused-ring (bicyclic) bond motifs is 1. The van der Waals surface area contributed by atoms with E-state index in [1.807, 2.05) is 4.90 Å². The van der Waals surface area contributed by atoms with Crippen molar-refractivity contribution in [2.45, 2.75) is 19.9 Å². The Kier molecular flexibility index (Phi) is 5.61. The second-order valence-electron chi connectivity index (χ2n) is 6.68. The van der Waals surface area contributed by atoms with Crippen molar-refractivity contribution in [1.82, 2.24) is 15.0 Å². The van der Waals surface area contributed by atoms with Crippen LogP contribution in [0.5, 0.6) is 0 Å². The standard InChI is InChI=1S/C19H18ClN5O3S/c1-11-7-15(24-28-11)18(27)23-19-22-14-5-6-25(9-16(14)29-19)10-17(26)21-13-4-2-3-12(20)8-13/h2-4,7-8H,5-6,9-10H2,1H3,(H,21,26)(H,22,23,27). The maximum absolute atomic E-state index is 12.3. The van der Waals surface area contributed by atoms with Crippen LogP contribution in [0.15, 0.2) is 34.9 Å². The quantitative estimate of drug-likeness (QED) is 0.642. The molecule has 1 aliphatic heterocycles. The first-order chi connectivity index (χ1) is 14.0. The summed E-state index contributed by atoms with van der Waals surface area (Å²) in [5.41, 5.74) is 1.84. The van der Waals surface area contributed by atoms with Gasteiger partial charge in [-0.05, 0) is 25.1 Å². The van der Waals surface area contributed by atoms with Crippen LogP contribution in [-0.2, 0) is 17.8 Å². The number of hydrogen-bond acceptors (Lipinski definition) is 7. The Labute approximate surface area is 175 Å². The zero-order valence-corrected chi connectivity index (χ0v) is 17.1. The molecule has 0 saturated carbocycles. The SMILES string of the molecule is Cc1cc(C(=O)Nc2nc3c(s2)CN(CC(=O)Nc2cccc(Cl)c2)CC3)no1. The van der Waals surface area contributed by atoms with Crippen LogP contribution < -0.4 is 10.6 Å². The highest BCUT2D eigenvalue weighted by atomic mass is 35.5. The highest BCUT2D eigenvalue weighted by Crippen LogP contribution is 2.28. The molecule has 8 nitrogen and oxygen atoms in total. The summed E-state index contributed by atoms with van der Waals surface area (Å²) in [5.74, 6) is 0.112. The number of aryl methyl sites for hydroxylation is 1. The molecule has 10 heteroatoms. The van der Waals surface area contributed by atoms with Gasteiger partial charge in [-0.3, -0.25) is 19.8 Å².